The van der Waals surface area contributed by atoms with Crippen molar-refractivity contribution in [3.05, 3.63) is 64.7 Å². The summed E-state index contributed by atoms with van der Waals surface area (Å²) in [5, 5.41) is 3.46. The molecular weight excluding hydrogens is 376 g/mol. The van der Waals surface area contributed by atoms with Gasteiger partial charge in [-0.1, -0.05) is 54.9 Å². The first-order valence-electron chi connectivity index (χ1n) is 9.72. The van der Waals surface area contributed by atoms with Crippen LogP contribution in [0.5, 0.6) is 5.75 Å². The zero-order chi connectivity index (χ0) is 19.8. The van der Waals surface area contributed by atoms with Crippen molar-refractivity contribution >= 4 is 17.5 Å². The molecule has 1 saturated heterocycles. The lowest BCUT2D eigenvalue weighted by atomic mass is 10.1. The van der Waals surface area contributed by atoms with Crippen LogP contribution in [0, 0.1) is 0 Å². The smallest absolute Gasteiger partial charge is 0.261 e. The number of hydrogen-bond donors (Lipinski definition) is 1. The minimum Gasteiger partial charge on any atom is -0.479 e. The molecule has 1 amide bonds. The van der Waals surface area contributed by atoms with Crippen LogP contribution in [0.2, 0.25) is 5.02 Å². The first-order valence-corrected chi connectivity index (χ1v) is 10.1. The highest BCUT2D eigenvalue weighted by atomic mass is 35.5. The molecule has 1 aliphatic rings. The van der Waals surface area contributed by atoms with E-state index in [0.29, 0.717) is 23.7 Å². The maximum atomic E-state index is 12.5. The van der Waals surface area contributed by atoms with Gasteiger partial charge in [0.25, 0.3) is 5.91 Å². The van der Waals surface area contributed by atoms with Crippen LogP contribution >= 0.6 is 11.6 Å². The van der Waals surface area contributed by atoms with Crippen molar-refractivity contribution in [3.8, 4) is 5.75 Å². The predicted molar refractivity (Wildman–Crippen MR) is 111 cm³/mol. The summed E-state index contributed by atoms with van der Waals surface area (Å²) in [6, 6.07) is 15.6. The lowest BCUT2D eigenvalue weighted by Gasteiger charge is -2.26. The second kappa shape index (κ2) is 10.5. The fourth-order valence-corrected chi connectivity index (χ4v) is 3.28. The number of ether oxygens (including phenoxy) is 2. The Balaban J connectivity index is 1.49. The van der Waals surface area contributed by atoms with Crippen LogP contribution in [0.25, 0.3) is 0 Å². The molecular formula is C22H27ClN2O3. The third kappa shape index (κ3) is 5.96. The number of rotatable bonds is 8. The SMILES string of the molecule is CCC(Oc1ccccc1Cl)C(=O)NCc1ccc(CN2CCOCC2)cc1. The number of amides is 1. The zero-order valence-electron chi connectivity index (χ0n) is 16.2. The van der Waals surface area contributed by atoms with Gasteiger partial charge in [-0.25, -0.2) is 0 Å². The minimum atomic E-state index is -0.569. The van der Waals surface area contributed by atoms with Gasteiger partial charge in [-0.05, 0) is 29.7 Å². The Labute approximate surface area is 171 Å². The molecule has 1 fully saturated rings. The van der Waals surface area contributed by atoms with Crippen molar-refractivity contribution in [2.75, 3.05) is 26.3 Å². The van der Waals surface area contributed by atoms with E-state index in [9.17, 15) is 4.79 Å². The van der Waals surface area contributed by atoms with E-state index in [1.807, 2.05) is 19.1 Å². The Morgan fingerprint density at radius 1 is 1.14 bits per heavy atom. The summed E-state index contributed by atoms with van der Waals surface area (Å²) in [5.41, 5.74) is 2.33. The van der Waals surface area contributed by atoms with E-state index in [-0.39, 0.29) is 5.91 Å². The summed E-state index contributed by atoms with van der Waals surface area (Å²) in [4.78, 5) is 14.9. The Hall–Kier alpha value is -2.08. The van der Waals surface area contributed by atoms with Crippen molar-refractivity contribution in [2.24, 2.45) is 0 Å². The summed E-state index contributed by atoms with van der Waals surface area (Å²) in [5.74, 6) is 0.387. The average molecular weight is 403 g/mol. The quantitative estimate of drug-likeness (QED) is 0.732. The van der Waals surface area contributed by atoms with Gasteiger partial charge in [0.05, 0.1) is 18.2 Å². The summed E-state index contributed by atoms with van der Waals surface area (Å²) in [6.07, 6.45) is -0.00396. The first-order chi connectivity index (χ1) is 13.7. The molecule has 0 spiro atoms. The molecule has 1 aliphatic heterocycles. The molecule has 1 heterocycles. The summed E-state index contributed by atoms with van der Waals surface area (Å²) >= 11 is 6.12. The van der Waals surface area contributed by atoms with Gasteiger partial charge < -0.3 is 14.8 Å². The van der Waals surface area contributed by atoms with E-state index < -0.39 is 6.10 Å². The lowest BCUT2D eigenvalue weighted by Crippen LogP contribution is -2.37. The fourth-order valence-electron chi connectivity index (χ4n) is 3.10. The molecule has 2 aromatic rings. The van der Waals surface area contributed by atoms with Crippen molar-refractivity contribution < 1.29 is 14.3 Å². The van der Waals surface area contributed by atoms with Crippen LogP contribution in [0.15, 0.2) is 48.5 Å². The highest BCUT2D eigenvalue weighted by molar-refractivity contribution is 6.32. The fraction of sp³-hybridized carbons (Fsp3) is 0.409. The van der Waals surface area contributed by atoms with Crippen LogP contribution in [0.4, 0.5) is 0 Å². The van der Waals surface area contributed by atoms with Crippen LogP contribution < -0.4 is 10.1 Å². The number of carbonyl (C=O) groups excluding carboxylic acids is 1. The van der Waals surface area contributed by atoms with Gasteiger partial charge in [-0.2, -0.15) is 0 Å². The van der Waals surface area contributed by atoms with Gasteiger partial charge >= 0.3 is 0 Å². The molecule has 6 heteroatoms. The molecule has 2 aromatic carbocycles. The van der Waals surface area contributed by atoms with Gasteiger partial charge in [0.15, 0.2) is 6.10 Å². The van der Waals surface area contributed by atoms with E-state index in [4.69, 9.17) is 21.1 Å². The molecule has 0 bridgehead atoms. The molecule has 28 heavy (non-hydrogen) atoms. The van der Waals surface area contributed by atoms with E-state index in [1.165, 1.54) is 5.56 Å². The largest absolute Gasteiger partial charge is 0.479 e. The van der Waals surface area contributed by atoms with Gasteiger partial charge in [0, 0.05) is 26.2 Å². The number of para-hydroxylation sites is 1. The topological polar surface area (TPSA) is 50.8 Å². The first kappa shape index (κ1) is 20.6. The molecule has 5 nitrogen and oxygen atoms in total. The molecule has 0 saturated carbocycles. The Morgan fingerprint density at radius 2 is 1.82 bits per heavy atom. The molecule has 1 atom stereocenters. The molecule has 150 valence electrons. The number of nitrogens with zero attached hydrogens (tertiary/aromatic N) is 1. The average Bonchev–Trinajstić information content (AvgIpc) is 2.73. The van der Waals surface area contributed by atoms with Gasteiger partial charge in [0.1, 0.15) is 5.75 Å². The maximum absolute atomic E-state index is 12.5. The highest BCUT2D eigenvalue weighted by Crippen LogP contribution is 2.24. The van der Waals surface area contributed by atoms with E-state index >= 15 is 0 Å². The van der Waals surface area contributed by atoms with Crippen LogP contribution in [0.3, 0.4) is 0 Å². The number of benzene rings is 2. The third-order valence-corrected chi connectivity index (χ3v) is 5.08. The zero-order valence-corrected chi connectivity index (χ0v) is 17.0. The monoisotopic (exact) mass is 402 g/mol. The molecule has 3 rings (SSSR count). The predicted octanol–water partition coefficient (Wildman–Crippen LogP) is 3.65. The van der Waals surface area contributed by atoms with Crippen LogP contribution in [0.1, 0.15) is 24.5 Å². The normalized spacial score (nSPS) is 15.8. The van der Waals surface area contributed by atoms with Crippen LogP contribution in [-0.4, -0.2) is 43.2 Å². The molecule has 0 aromatic heterocycles. The van der Waals surface area contributed by atoms with E-state index in [1.54, 1.807) is 12.1 Å². The number of carbonyl (C=O) groups is 1. The molecule has 1 unspecified atom stereocenters. The number of hydrogen-bond acceptors (Lipinski definition) is 4. The number of halogens is 1. The summed E-state index contributed by atoms with van der Waals surface area (Å²) < 4.78 is 11.2. The Kier molecular flexibility index (Phi) is 7.71. The summed E-state index contributed by atoms with van der Waals surface area (Å²) in [7, 11) is 0. The van der Waals surface area contributed by atoms with Gasteiger partial charge in [-0.15, -0.1) is 0 Å². The van der Waals surface area contributed by atoms with E-state index in [0.717, 1.165) is 38.4 Å². The highest BCUT2D eigenvalue weighted by Gasteiger charge is 2.19. The Bertz CT molecular complexity index is 761. The second-order valence-corrected chi connectivity index (χ2v) is 7.28. The molecule has 0 radical (unpaired) electrons. The standard InChI is InChI=1S/C22H27ClN2O3/c1-2-20(28-21-6-4-3-5-19(21)23)22(26)24-15-17-7-9-18(10-8-17)16-25-11-13-27-14-12-25/h3-10,20H,2,11-16H2,1H3,(H,24,26). The minimum absolute atomic E-state index is 0.139. The van der Waals surface area contributed by atoms with Gasteiger partial charge in [-0.3, -0.25) is 9.69 Å². The Morgan fingerprint density at radius 3 is 2.50 bits per heavy atom. The van der Waals surface area contributed by atoms with E-state index in [2.05, 4.69) is 34.5 Å². The second-order valence-electron chi connectivity index (χ2n) is 6.87. The van der Waals surface area contributed by atoms with Crippen molar-refractivity contribution in [1.29, 1.82) is 0 Å². The number of nitrogens with one attached hydrogen (secondary N) is 1. The van der Waals surface area contributed by atoms with Crippen molar-refractivity contribution in [1.82, 2.24) is 10.2 Å². The molecule has 0 aliphatic carbocycles. The van der Waals surface area contributed by atoms with Crippen LogP contribution in [-0.2, 0) is 22.6 Å². The maximum Gasteiger partial charge on any atom is 0.261 e. The van der Waals surface area contributed by atoms with Gasteiger partial charge in [0.2, 0.25) is 0 Å². The third-order valence-electron chi connectivity index (χ3n) is 4.77. The lowest BCUT2D eigenvalue weighted by molar-refractivity contribution is -0.128. The van der Waals surface area contributed by atoms with Crippen molar-refractivity contribution in [3.63, 3.8) is 0 Å². The van der Waals surface area contributed by atoms with Crippen molar-refractivity contribution in [2.45, 2.75) is 32.5 Å². The summed E-state index contributed by atoms with van der Waals surface area (Å²) in [6.45, 7) is 6.88. The molecule has 1 N–H and O–H groups in total. The number of morpholine rings is 1.